The molecule has 0 amide bonds. The fraction of sp³-hybridized carbons (Fsp3) is 0.538. The van der Waals surface area contributed by atoms with E-state index in [9.17, 15) is 10.2 Å². The number of rotatable bonds is 4. The van der Waals surface area contributed by atoms with Crippen molar-refractivity contribution >= 4 is 0 Å². The molecule has 0 aliphatic carbocycles. The molecule has 1 aliphatic heterocycles. The molecular formula is C13H20N2O2. The van der Waals surface area contributed by atoms with Crippen LogP contribution in [0.4, 0.5) is 0 Å². The third-order valence-electron chi connectivity index (χ3n) is 3.27. The number of hydrogen-bond acceptors (Lipinski definition) is 4. The Balaban J connectivity index is 2.00. The van der Waals surface area contributed by atoms with Crippen LogP contribution in [0.5, 0.6) is 0 Å². The molecule has 17 heavy (non-hydrogen) atoms. The van der Waals surface area contributed by atoms with Crippen molar-refractivity contribution in [1.29, 1.82) is 0 Å². The van der Waals surface area contributed by atoms with Crippen LogP contribution in [-0.2, 0) is 6.54 Å². The van der Waals surface area contributed by atoms with Crippen molar-refractivity contribution < 1.29 is 10.2 Å². The Kier molecular flexibility index (Phi) is 4.50. The molecule has 4 heteroatoms. The van der Waals surface area contributed by atoms with Crippen LogP contribution in [0, 0.1) is 0 Å². The minimum Gasteiger partial charge on any atom is -0.395 e. The van der Waals surface area contributed by atoms with Crippen LogP contribution in [0.25, 0.3) is 0 Å². The quantitative estimate of drug-likeness (QED) is 0.678. The highest BCUT2D eigenvalue weighted by molar-refractivity contribution is 5.14. The topological polar surface area (TPSA) is 55.7 Å². The Labute approximate surface area is 102 Å². The summed E-state index contributed by atoms with van der Waals surface area (Å²) in [6, 6.07) is 10.5. The van der Waals surface area contributed by atoms with Crippen molar-refractivity contribution in [3.05, 3.63) is 35.9 Å². The largest absolute Gasteiger partial charge is 0.395 e. The second-order valence-corrected chi connectivity index (χ2v) is 4.54. The highest BCUT2D eigenvalue weighted by atomic mass is 16.3. The van der Waals surface area contributed by atoms with E-state index in [1.807, 2.05) is 18.2 Å². The molecule has 3 N–H and O–H groups in total. The lowest BCUT2D eigenvalue weighted by Gasteiger charge is -2.39. The van der Waals surface area contributed by atoms with Gasteiger partial charge in [-0.3, -0.25) is 4.90 Å². The second kappa shape index (κ2) is 6.12. The SMILES string of the molecule is OCC1CN(Cc2ccccc2)C(CO)CN1. The van der Waals surface area contributed by atoms with Gasteiger partial charge in [-0.25, -0.2) is 0 Å². The molecule has 1 aromatic rings. The Morgan fingerprint density at radius 2 is 1.94 bits per heavy atom. The monoisotopic (exact) mass is 236 g/mol. The summed E-state index contributed by atoms with van der Waals surface area (Å²) in [6.45, 7) is 2.62. The number of nitrogens with one attached hydrogen (secondary N) is 1. The van der Waals surface area contributed by atoms with Crippen molar-refractivity contribution in [3.63, 3.8) is 0 Å². The summed E-state index contributed by atoms with van der Waals surface area (Å²) >= 11 is 0. The molecule has 2 unspecified atom stereocenters. The van der Waals surface area contributed by atoms with E-state index in [-0.39, 0.29) is 25.3 Å². The summed E-state index contributed by atoms with van der Waals surface area (Å²) in [4.78, 5) is 2.23. The van der Waals surface area contributed by atoms with Crippen molar-refractivity contribution in [2.45, 2.75) is 18.6 Å². The molecule has 2 atom stereocenters. The molecule has 0 bridgehead atoms. The van der Waals surface area contributed by atoms with Gasteiger partial charge < -0.3 is 15.5 Å². The van der Waals surface area contributed by atoms with Gasteiger partial charge in [-0.1, -0.05) is 30.3 Å². The van der Waals surface area contributed by atoms with Gasteiger partial charge in [0.25, 0.3) is 0 Å². The van der Waals surface area contributed by atoms with Crippen molar-refractivity contribution in [1.82, 2.24) is 10.2 Å². The molecule has 4 nitrogen and oxygen atoms in total. The molecule has 1 heterocycles. The minimum atomic E-state index is 0.113. The number of aliphatic hydroxyl groups is 2. The average Bonchev–Trinajstić information content (AvgIpc) is 2.40. The summed E-state index contributed by atoms with van der Waals surface area (Å²) in [5.41, 5.74) is 1.24. The Bertz CT molecular complexity index is 331. The maximum Gasteiger partial charge on any atom is 0.0599 e. The summed E-state index contributed by atoms with van der Waals surface area (Å²) in [5.74, 6) is 0. The third kappa shape index (κ3) is 3.26. The van der Waals surface area contributed by atoms with Gasteiger partial charge in [0.05, 0.1) is 13.2 Å². The van der Waals surface area contributed by atoms with Crippen LogP contribution in [0.1, 0.15) is 5.56 Å². The van der Waals surface area contributed by atoms with E-state index < -0.39 is 0 Å². The van der Waals surface area contributed by atoms with Gasteiger partial charge >= 0.3 is 0 Å². The highest BCUT2D eigenvalue weighted by Crippen LogP contribution is 2.12. The lowest BCUT2D eigenvalue weighted by molar-refractivity contribution is 0.0590. The standard InChI is InChI=1S/C13H20N2O2/c16-9-12-8-15(13(10-17)6-14-12)7-11-4-2-1-3-5-11/h1-5,12-14,16-17H,6-10H2. The van der Waals surface area contributed by atoms with Crippen molar-refractivity contribution in [3.8, 4) is 0 Å². The van der Waals surface area contributed by atoms with Crippen LogP contribution >= 0.6 is 0 Å². The summed E-state index contributed by atoms with van der Waals surface area (Å²) in [5, 5.41) is 21.8. The Morgan fingerprint density at radius 1 is 1.18 bits per heavy atom. The van der Waals surface area contributed by atoms with E-state index >= 15 is 0 Å². The molecule has 0 radical (unpaired) electrons. The van der Waals surface area contributed by atoms with E-state index in [1.165, 1.54) is 5.56 Å². The molecule has 0 aromatic heterocycles. The van der Waals surface area contributed by atoms with Gasteiger partial charge in [0.15, 0.2) is 0 Å². The molecule has 2 rings (SSSR count). The number of nitrogens with zero attached hydrogens (tertiary/aromatic N) is 1. The normalized spacial score (nSPS) is 26.0. The van der Waals surface area contributed by atoms with E-state index in [1.54, 1.807) is 0 Å². The van der Waals surface area contributed by atoms with Crippen molar-refractivity contribution in [2.75, 3.05) is 26.3 Å². The number of benzene rings is 1. The predicted molar refractivity (Wildman–Crippen MR) is 66.6 cm³/mol. The summed E-state index contributed by atoms with van der Waals surface area (Å²) in [6.07, 6.45) is 0. The first-order valence-corrected chi connectivity index (χ1v) is 6.06. The Hall–Kier alpha value is -0.940. The van der Waals surface area contributed by atoms with Gasteiger partial charge in [0.1, 0.15) is 0 Å². The first-order chi connectivity index (χ1) is 8.33. The highest BCUT2D eigenvalue weighted by Gasteiger charge is 2.26. The maximum atomic E-state index is 9.35. The predicted octanol–water partition coefficient (Wildman–Crippen LogP) is -0.186. The molecule has 0 spiro atoms. The van der Waals surface area contributed by atoms with Crippen LogP contribution in [-0.4, -0.2) is 53.5 Å². The van der Waals surface area contributed by atoms with Gasteiger partial charge in [0, 0.05) is 31.7 Å². The molecule has 1 fully saturated rings. The minimum absolute atomic E-state index is 0.113. The lowest BCUT2D eigenvalue weighted by Crippen LogP contribution is -2.58. The molecule has 94 valence electrons. The smallest absolute Gasteiger partial charge is 0.0599 e. The maximum absolute atomic E-state index is 9.35. The molecule has 0 saturated carbocycles. The van der Waals surface area contributed by atoms with E-state index in [4.69, 9.17) is 0 Å². The van der Waals surface area contributed by atoms with Gasteiger partial charge in [-0.2, -0.15) is 0 Å². The molecule has 1 aromatic carbocycles. The van der Waals surface area contributed by atoms with Crippen LogP contribution in [0.3, 0.4) is 0 Å². The number of hydrogen-bond donors (Lipinski definition) is 3. The molecule has 1 aliphatic rings. The first kappa shape index (κ1) is 12.5. The summed E-state index contributed by atoms with van der Waals surface area (Å²) < 4.78 is 0. The average molecular weight is 236 g/mol. The lowest BCUT2D eigenvalue weighted by atomic mass is 10.1. The Morgan fingerprint density at radius 3 is 2.59 bits per heavy atom. The van der Waals surface area contributed by atoms with Crippen LogP contribution in [0.15, 0.2) is 30.3 Å². The van der Waals surface area contributed by atoms with Crippen molar-refractivity contribution in [2.24, 2.45) is 0 Å². The van der Waals surface area contributed by atoms with Gasteiger partial charge in [0.2, 0.25) is 0 Å². The third-order valence-corrected chi connectivity index (χ3v) is 3.27. The zero-order valence-corrected chi connectivity index (χ0v) is 9.92. The summed E-state index contributed by atoms with van der Waals surface area (Å²) in [7, 11) is 0. The zero-order valence-electron chi connectivity index (χ0n) is 9.92. The fourth-order valence-electron chi connectivity index (χ4n) is 2.24. The van der Waals surface area contributed by atoms with E-state index in [2.05, 4.69) is 22.3 Å². The van der Waals surface area contributed by atoms with E-state index in [0.29, 0.717) is 0 Å². The number of aliphatic hydroxyl groups excluding tert-OH is 2. The van der Waals surface area contributed by atoms with Gasteiger partial charge in [-0.15, -0.1) is 0 Å². The van der Waals surface area contributed by atoms with Gasteiger partial charge in [-0.05, 0) is 5.56 Å². The fourth-order valence-corrected chi connectivity index (χ4v) is 2.24. The van der Waals surface area contributed by atoms with Crippen LogP contribution in [0.2, 0.25) is 0 Å². The number of piperazine rings is 1. The molecule has 1 saturated heterocycles. The molecular weight excluding hydrogens is 216 g/mol. The van der Waals surface area contributed by atoms with Crippen LogP contribution < -0.4 is 5.32 Å². The first-order valence-electron chi connectivity index (χ1n) is 6.06. The zero-order chi connectivity index (χ0) is 12.1. The second-order valence-electron chi connectivity index (χ2n) is 4.54. The van der Waals surface area contributed by atoms with E-state index in [0.717, 1.165) is 19.6 Å².